The Kier molecular flexibility index (Phi) is 15.0. The smallest absolute Gasteiger partial charge is 0.100 e. The number of nitrogens with zero attached hydrogens (tertiary/aromatic N) is 4. The van der Waals surface area contributed by atoms with Gasteiger partial charge in [-0.3, -0.25) is 0 Å². The molecule has 12 aromatic carbocycles. The lowest BCUT2D eigenvalue weighted by Crippen LogP contribution is -2.20. The van der Waals surface area contributed by atoms with E-state index in [4.69, 9.17) is 0 Å². The minimum absolute atomic E-state index is 0.268. The Labute approximate surface area is 498 Å². The average molecular weight is 1090 g/mol. The normalized spacial score (nSPS) is 12.7. The molecule has 12 aromatic rings. The molecule has 0 radical (unpaired) electrons. The summed E-state index contributed by atoms with van der Waals surface area (Å²) in [6.45, 7) is 2.31. The first-order valence-electron chi connectivity index (χ1n) is 28.9. The molecule has 402 valence electrons. The summed E-state index contributed by atoms with van der Waals surface area (Å²) in [6.07, 6.45) is 5.37. The van der Waals surface area contributed by atoms with Gasteiger partial charge in [-0.25, -0.2) is 0 Å². The molecule has 1 unspecified atom stereocenters. The van der Waals surface area contributed by atoms with Crippen molar-refractivity contribution in [3.05, 3.63) is 338 Å². The van der Waals surface area contributed by atoms with Gasteiger partial charge in [-0.15, -0.1) is 0 Å². The van der Waals surface area contributed by atoms with E-state index in [1.807, 2.05) is 78.9 Å². The number of hydrogen-bond donors (Lipinski definition) is 0. The van der Waals surface area contributed by atoms with Gasteiger partial charge in [-0.05, 0) is 146 Å². The number of allylic oxidation sites excluding steroid dienone is 4. The van der Waals surface area contributed by atoms with E-state index in [2.05, 4.69) is 265 Å². The first kappa shape index (κ1) is 53.0. The van der Waals surface area contributed by atoms with E-state index in [1.165, 1.54) is 16.8 Å². The van der Waals surface area contributed by atoms with Crippen molar-refractivity contribution in [3.8, 4) is 90.0 Å². The summed E-state index contributed by atoms with van der Waals surface area (Å²) in [7, 11) is 0. The van der Waals surface area contributed by atoms with Gasteiger partial charge in [0, 0.05) is 56.4 Å². The molecule has 1 atom stereocenters. The van der Waals surface area contributed by atoms with E-state index in [-0.39, 0.29) is 5.92 Å². The largest absolute Gasteiger partial charge is 0.314 e. The summed E-state index contributed by atoms with van der Waals surface area (Å²) in [5, 5.41) is 23.6. The van der Waals surface area contributed by atoms with Gasteiger partial charge in [0.2, 0.25) is 0 Å². The Hall–Kier alpha value is -11.3. The van der Waals surface area contributed by atoms with Gasteiger partial charge in [-0.2, -0.15) is 10.5 Å². The van der Waals surface area contributed by atoms with Gasteiger partial charge in [0.05, 0.1) is 11.1 Å². The summed E-state index contributed by atoms with van der Waals surface area (Å²) in [4.78, 5) is 4.63. The van der Waals surface area contributed by atoms with Crippen LogP contribution in [0, 0.1) is 28.6 Å². The highest BCUT2D eigenvalue weighted by molar-refractivity contribution is 6.04. The Morgan fingerprint density at radius 1 is 0.271 bits per heavy atom. The fourth-order valence-corrected chi connectivity index (χ4v) is 12.1. The highest BCUT2D eigenvalue weighted by Gasteiger charge is 2.29. The molecule has 0 saturated heterocycles. The number of rotatable bonds is 14. The number of hydrogen-bond acceptors (Lipinski definition) is 4. The zero-order valence-corrected chi connectivity index (χ0v) is 47.1. The Bertz CT molecular complexity index is 4350. The Morgan fingerprint density at radius 3 is 0.788 bits per heavy atom. The predicted molar refractivity (Wildman–Crippen MR) is 353 cm³/mol. The number of nitriles is 2. The van der Waals surface area contributed by atoms with E-state index in [0.717, 1.165) is 90.5 Å². The molecule has 0 bridgehead atoms. The molecule has 0 saturated carbocycles. The lowest BCUT2D eigenvalue weighted by atomic mass is 9.78. The van der Waals surface area contributed by atoms with Gasteiger partial charge >= 0.3 is 0 Å². The van der Waals surface area contributed by atoms with Crippen molar-refractivity contribution in [2.45, 2.75) is 13.3 Å². The van der Waals surface area contributed by atoms with Crippen LogP contribution in [-0.4, -0.2) is 0 Å². The Morgan fingerprint density at radius 2 is 0.506 bits per heavy atom. The molecule has 0 aromatic heterocycles. The third kappa shape index (κ3) is 10.8. The SMILES string of the molecule is CC1CC(N(c2ccc(-c3ccccc3)cc2)c2ccc(-c3c(C#N)c(-c4ccccc4)c(-c4ccc(N(c5ccc(-c6ccccc6)cc5)c5ccc(-c6ccccc6)cc5)cc4)c(C#N)c3-c3ccccc3)cc2)=CC=C1c1ccccc1. The van der Waals surface area contributed by atoms with Crippen molar-refractivity contribution in [2.24, 2.45) is 5.92 Å². The van der Waals surface area contributed by atoms with Crippen molar-refractivity contribution >= 4 is 34.0 Å². The van der Waals surface area contributed by atoms with Crippen molar-refractivity contribution in [3.63, 3.8) is 0 Å². The van der Waals surface area contributed by atoms with E-state index < -0.39 is 0 Å². The summed E-state index contributed by atoms with van der Waals surface area (Å²) in [5.41, 5.74) is 22.7. The lowest BCUT2D eigenvalue weighted by molar-refractivity contribution is 0.715. The van der Waals surface area contributed by atoms with Crippen molar-refractivity contribution in [1.82, 2.24) is 0 Å². The molecule has 0 aliphatic heterocycles. The molecule has 13 rings (SSSR count). The van der Waals surface area contributed by atoms with Crippen LogP contribution in [0.25, 0.3) is 83.5 Å². The molecular weight excluding hydrogens is 1030 g/mol. The third-order valence-electron chi connectivity index (χ3n) is 16.3. The fraction of sp³-hybridized carbons (Fsp3) is 0.0370. The average Bonchev–Trinajstić information content (AvgIpc) is 2.56. The zero-order chi connectivity index (χ0) is 57.5. The van der Waals surface area contributed by atoms with Crippen LogP contribution in [0.2, 0.25) is 0 Å². The van der Waals surface area contributed by atoms with Crippen LogP contribution in [-0.2, 0) is 0 Å². The van der Waals surface area contributed by atoms with Crippen molar-refractivity contribution < 1.29 is 0 Å². The first-order chi connectivity index (χ1) is 42.0. The Balaban J connectivity index is 0.950. The molecule has 4 nitrogen and oxygen atoms in total. The second kappa shape index (κ2) is 24.0. The topological polar surface area (TPSA) is 54.1 Å². The van der Waals surface area contributed by atoms with E-state index >= 15 is 0 Å². The van der Waals surface area contributed by atoms with Crippen LogP contribution in [0.15, 0.2) is 321 Å². The van der Waals surface area contributed by atoms with Crippen molar-refractivity contribution in [1.29, 1.82) is 10.5 Å². The quantitative estimate of drug-likeness (QED) is 0.109. The molecule has 0 spiro atoms. The summed E-state index contributed by atoms with van der Waals surface area (Å²) >= 11 is 0. The monoisotopic (exact) mass is 1090 g/mol. The van der Waals surface area contributed by atoms with E-state index in [0.29, 0.717) is 33.4 Å². The first-order valence-corrected chi connectivity index (χ1v) is 28.9. The van der Waals surface area contributed by atoms with Gasteiger partial charge in [0.1, 0.15) is 12.1 Å². The standard InChI is InChI=1S/C81H58N4/c1-57-54-74(52-53-75(57)64-26-14-5-15-27-64)85(72-46-36-63(37-47-72)60-24-12-4-13-25-60)73-50-40-68(41-51-73)81-77(56-83)78(65-28-16-6-17-29-65)80(76(55-82)79(81)66-30-18-7-19-31-66)67-38-48-71(49-39-67)84(69-42-32-61(33-43-69)58-20-8-2-9-21-58)70-44-34-62(35-45-70)59-22-10-3-11-23-59/h2-53,57H,54H2,1H3. The van der Waals surface area contributed by atoms with Crippen LogP contribution < -0.4 is 9.80 Å². The van der Waals surface area contributed by atoms with Crippen molar-refractivity contribution in [2.75, 3.05) is 9.80 Å². The molecule has 0 amide bonds. The predicted octanol–water partition coefficient (Wildman–Crippen LogP) is 21.7. The minimum Gasteiger partial charge on any atom is -0.314 e. The lowest BCUT2D eigenvalue weighted by Gasteiger charge is -2.32. The number of benzene rings is 12. The van der Waals surface area contributed by atoms with Crippen LogP contribution in [0.1, 0.15) is 30.0 Å². The maximum Gasteiger partial charge on any atom is 0.100 e. The van der Waals surface area contributed by atoms with E-state index in [9.17, 15) is 10.5 Å². The van der Waals surface area contributed by atoms with Crippen LogP contribution in [0.4, 0.5) is 28.4 Å². The molecule has 1 aliphatic carbocycles. The molecule has 1 aliphatic rings. The molecular formula is C81H58N4. The second-order valence-electron chi connectivity index (χ2n) is 21.5. The highest BCUT2D eigenvalue weighted by atomic mass is 15.2. The van der Waals surface area contributed by atoms with Gasteiger partial charge in [0.25, 0.3) is 0 Å². The van der Waals surface area contributed by atoms with E-state index in [1.54, 1.807) is 0 Å². The molecule has 0 heterocycles. The molecule has 0 N–H and O–H groups in total. The minimum atomic E-state index is 0.268. The van der Waals surface area contributed by atoms with Gasteiger partial charge in [-0.1, -0.05) is 256 Å². The van der Waals surface area contributed by atoms with Gasteiger partial charge in [0.15, 0.2) is 0 Å². The maximum absolute atomic E-state index is 11.8. The second-order valence-corrected chi connectivity index (χ2v) is 21.5. The third-order valence-corrected chi connectivity index (χ3v) is 16.3. The number of anilines is 5. The maximum atomic E-state index is 11.8. The summed E-state index contributed by atoms with van der Waals surface area (Å²) in [5.74, 6) is 0.268. The van der Waals surface area contributed by atoms with Crippen LogP contribution in [0.3, 0.4) is 0 Å². The van der Waals surface area contributed by atoms with Crippen LogP contribution >= 0.6 is 0 Å². The van der Waals surface area contributed by atoms with Crippen LogP contribution in [0.5, 0.6) is 0 Å². The molecule has 85 heavy (non-hydrogen) atoms. The summed E-state index contributed by atoms with van der Waals surface area (Å²) < 4.78 is 0. The molecule has 4 heteroatoms. The fourth-order valence-electron chi connectivity index (χ4n) is 12.1. The molecule has 0 fully saturated rings. The summed E-state index contributed by atoms with van der Waals surface area (Å²) in [6, 6.07) is 111. The van der Waals surface area contributed by atoms with Gasteiger partial charge < -0.3 is 9.80 Å². The highest BCUT2D eigenvalue weighted by Crippen LogP contribution is 2.50. The zero-order valence-electron chi connectivity index (χ0n) is 47.1.